The van der Waals surface area contributed by atoms with Gasteiger partial charge in [-0.2, -0.15) is 8.78 Å². The molecule has 0 heterocycles. The lowest BCUT2D eigenvalue weighted by Gasteiger charge is -2.09. The zero-order chi connectivity index (χ0) is 15.9. The predicted molar refractivity (Wildman–Crippen MR) is 81.5 cm³/mol. The number of nitrogens with one attached hydrogen (secondary N) is 1. The van der Waals surface area contributed by atoms with Gasteiger partial charge in [0, 0.05) is 12.1 Å². The summed E-state index contributed by atoms with van der Waals surface area (Å²) < 4.78 is 28.5. The fourth-order valence-corrected chi connectivity index (χ4v) is 2.12. The first-order valence-corrected chi connectivity index (χ1v) is 7.00. The van der Waals surface area contributed by atoms with Gasteiger partial charge in [-0.3, -0.25) is 4.79 Å². The van der Waals surface area contributed by atoms with E-state index in [0.717, 1.165) is 5.56 Å². The fraction of sp³-hybridized carbons (Fsp3) is 0.188. The van der Waals surface area contributed by atoms with Gasteiger partial charge in [0.2, 0.25) is 5.91 Å². The molecule has 0 spiro atoms. The maximum atomic E-state index is 12.1. The standard InChI is InChI=1S/C16H14ClF2NO2/c17-13-10-12(7-8-14(13)22-16(18)19)20-15(21)9-6-11-4-2-1-3-5-11/h1-5,7-8,10,16H,6,9H2,(H,20,21). The van der Waals surface area contributed by atoms with E-state index in [2.05, 4.69) is 10.1 Å². The minimum atomic E-state index is -2.94. The second-order valence-corrected chi connectivity index (χ2v) is 4.96. The Morgan fingerprint density at radius 1 is 1.18 bits per heavy atom. The molecule has 1 amide bonds. The normalized spacial score (nSPS) is 10.5. The molecule has 116 valence electrons. The van der Waals surface area contributed by atoms with Crippen molar-refractivity contribution in [3.8, 4) is 5.75 Å². The smallest absolute Gasteiger partial charge is 0.387 e. The largest absolute Gasteiger partial charge is 0.433 e. The highest BCUT2D eigenvalue weighted by Gasteiger charge is 2.10. The highest BCUT2D eigenvalue weighted by molar-refractivity contribution is 6.32. The van der Waals surface area contributed by atoms with Crippen molar-refractivity contribution < 1.29 is 18.3 Å². The second kappa shape index (κ2) is 7.75. The number of carbonyl (C=O) groups is 1. The van der Waals surface area contributed by atoms with Gasteiger partial charge in [-0.25, -0.2) is 0 Å². The molecule has 2 aromatic rings. The van der Waals surface area contributed by atoms with Crippen LogP contribution in [-0.2, 0) is 11.2 Å². The monoisotopic (exact) mass is 325 g/mol. The second-order valence-electron chi connectivity index (χ2n) is 4.56. The van der Waals surface area contributed by atoms with E-state index in [0.29, 0.717) is 18.5 Å². The molecule has 0 unspecified atom stereocenters. The number of alkyl halides is 2. The number of aryl methyl sites for hydroxylation is 1. The van der Waals surface area contributed by atoms with Crippen LogP contribution in [0.3, 0.4) is 0 Å². The van der Waals surface area contributed by atoms with Gasteiger partial charge in [-0.15, -0.1) is 0 Å². The van der Waals surface area contributed by atoms with Crippen molar-refractivity contribution in [1.29, 1.82) is 0 Å². The van der Waals surface area contributed by atoms with Gasteiger partial charge < -0.3 is 10.1 Å². The molecule has 0 aliphatic carbocycles. The Balaban J connectivity index is 1.90. The number of benzene rings is 2. The van der Waals surface area contributed by atoms with Crippen LogP contribution in [0, 0.1) is 0 Å². The molecule has 0 bridgehead atoms. The van der Waals surface area contributed by atoms with Crippen LogP contribution in [0.25, 0.3) is 0 Å². The van der Waals surface area contributed by atoms with Crippen LogP contribution in [0.15, 0.2) is 48.5 Å². The van der Waals surface area contributed by atoms with Gasteiger partial charge in [0.1, 0.15) is 5.75 Å². The number of hydrogen-bond donors (Lipinski definition) is 1. The summed E-state index contributed by atoms with van der Waals surface area (Å²) in [6.45, 7) is -2.94. The zero-order valence-electron chi connectivity index (χ0n) is 11.6. The van der Waals surface area contributed by atoms with E-state index in [4.69, 9.17) is 11.6 Å². The lowest BCUT2D eigenvalue weighted by Crippen LogP contribution is -2.12. The molecule has 0 aliphatic rings. The topological polar surface area (TPSA) is 38.3 Å². The van der Waals surface area contributed by atoms with Crippen molar-refractivity contribution in [3.05, 3.63) is 59.1 Å². The first-order chi connectivity index (χ1) is 10.5. The Hall–Kier alpha value is -2.14. The molecular weight excluding hydrogens is 312 g/mol. The minimum absolute atomic E-state index is 0.0150. The number of hydrogen-bond acceptors (Lipinski definition) is 2. The molecule has 2 aromatic carbocycles. The molecule has 1 N–H and O–H groups in total. The van der Waals surface area contributed by atoms with E-state index < -0.39 is 6.61 Å². The Morgan fingerprint density at radius 3 is 2.55 bits per heavy atom. The fourth-order valence-electron chi connectivity index (χ4n) is 1.90. The van der Waals surface area contributed by atoms with Gasteiger partial charge >= 0.3 is 6.61 Å². The number of halogens is 3. The molecule has 0 aliphatic heterocycles. The van der Waals surface area contributed by atoms with E-state index in [-0.39, 0.29) is 16.7 Å². The molecular formula is C16H14ClF2NO2. The van der Waals surface area contributed by atoms with Crippen molar-refractivity contribution >= 4 is 23.2 Å². The molecule has 3 nitrogen and oxygen atoms in total. The summed E-state index contributed by atoms with van der Waals surface area (Å²) in [7, 11) is 0. The minimum Gasteiger partial charge on any atom is -0.433 e. The zero-order valence-corrected chi connectivity index (χ0v) is 12.3. The lowest BCUT2D eigenvalue weighted by molar-refractivity contribution is -0.116. The Morgan fingerprint density at radius 2 is 1.91 bits per heavy atom. The number of rotatable bonds is 6. The van der Waals surface area contributed by atoms with E-state index in [1.54, 1.807) is 0 Å². The maximum Gasteiger partial charge on any atom is 0.387 e. The van der Waals surface area contributed by atoms with E-state index in [1.807, 2.05) is 30.3 Å². The molecule has 0 atom stereocenters. The molecule has 0 saturated heterocycles. The first-order valence-electron chi connectivity index (χ1n) is 6.63. The SMILES string of the molecule is O=C(CCc1ccccc1)Nc1ccc(OC(F)F)c(Cl)c1. The summed E-state index contributed by atoms with van der Waals surface area (Å²) in [4.78, 5) is 11.9. The summed E-state index contributed by atoms with van der Waals surface area (Å²) in [6.07, 6.45) is 0.934. The van der Waals surface area contributed by atoms with Crippen LogP contribution in [0.5, 0.6) is 5.75 Å². The average Bonchev–Trinajstić information content (AvgIpc) is 2.49. The Bertz CT molecular complexity index is 635. The van der Waals surface area contributed by atoms with Crippen LogP contribution in [0.1, 0.15) is 12.0 Å². The van der Waals surface area contributed by atoms with Gasteiger partial charge in [0.25, 0.3) is 0 Å². The quantitative estimate of drug-likeness (QED) is 0.848. The van der Waals surface area contributed by atoms with Crippen molar-refractivity contribution in [2.24, 2.45) is 0 Å². The van der Waals surface area contributed by atoms with Gasteiger partial charge in [-0.1, -0.05) is 41.9 Å². The highest BCUT2D eigenvalue weighted by atomic mass is 35.5. The predicted octanol–water partition coefficient (Wildman–Crippen LogP) is 4.51. The van der Waals surface area contributed by atoms with Crippen molar-refractivity contribution in [1.82, 2.24) is 0 Å². The number of ether oxygens (including phenoxy) is 1. The van der Waals surface area contributed by atoms with Crippen LogP contribution >= 0.6 is 11.6 Å². The number of amides is 1. The lowest BCUT2D eigenvalue weighted by atomic mass is 10.1. The van der Waals surface area contributed by atoms with E-state index in [9.17, 15) is 13.6 Å². The van der Waals surface area contributed by atoms with E-state index in [1.165, 1.54) is 18.2 Å². The maximum absolute atomic E-state index is 12.1. The van der Waals surface area contributed by atoms with Crippen LogP contribution in [0.2, 0.25) is 5.02 Å². The van der Waals surface area contributed by atoms with Crippen molar-refractivity contribution in [3.63, 3.8) is 0 Å². The molecule has 0 fully saturated rings. The number of anilines is 1. The summed E-state index contributed by atoms with van der Waals surface area (Å²) >= 11 is 5.82. The summed E-state index contributed by atoms with van der Waals surface area (Å²) in [6, 6.07) is 13.8. The summed E-state index contributed by atoms with van der Waals surface area (Å²) in [5, 5.41) is 2.68. The van der Waals surface area contributed by atoms with Gasteiger partial charge in [-0.05, 0) is 30.2 Å². The van der Waals surface area contributed by atoms with Gasteiger partial charge in [0.05, 0.1) is 5.02 Å². The molecule has 2 rings (SSSR count). The van der Waals surface area contributed by atoms with Crippen LogP contribution in [0.4, 0.5) is 14.5 Å². The van der Waals surface area contributed by atoms with E-state index >= 15 is 0 Å². The molecule has 22 heavy (non-hydrogen) atoms. The number of carbonyl (C=O) groups excluding carboxylic acids is 1. The average molecular weight is 326 g/mol. The first kappa shape index (κ1) is 16.2. The third-order valence-electron chi connectivity index (χ3n) is 2.92. The Labute approximate surface area is 131 Å². The summed E-state index contributed by atoms with van der Waals surface area (Å²) in [5.74, 6) is -0.304. The Kier molecular flexibility index (Phi) is 5.72. The van der Waals surface area contributed by atoms with Crippen molar-refractivity contribution in [2.75, 3.05) is 5.32 Å². The van der Waals surface area contributed by atoms with Gasteiger partial charge in [0.15, 0.2) is 0 Å². The molecule has 0 aromatic heterocycles. The van der Waals surface area contributed by atoms with Crippen molar-refractivity contribution in [2.45, 2.75) is 19.5 Å². The summed E-state index contributed by atoms with van der Waals surface area (Å²) in [5.41, 5.74) is 1.50. The molecule has 6 heteroatoms. The highest BCUT2D eigenvalue weighted by Crippen LogP contribution is 2.29. The molecule has 0 saturated carbocycles. The third kappa shape index (κ3) is 5.00. The van der Waals surface area contributed by atoms with Crippen LogP contribution < -0.4 is 10.1 Å². The third-order valence-corrected chi connectivity index (χ3v) is 3.21. The van der Waals surface area contributed by atoms with Crippen LogP contribution in [-0.4, -0.2) is 12.5 Å². The molecule has 0 radical (unpaired) electrons.